The second kappa shape index (κ2) is 9.93. The molecule has 0 aromatic heterocycles. The van der Waals surface area contributed by atoms with Gasteiger partial charge in [0.1, 0.15) is 5.76 Å². The van der Waals surface area contributed by atoms with Crippen molar-refractivity contribution in [3.05, 3.63) is 40.6 Å². The molecule has 3 rings (SSSR count). The summed E-state index contributed by atoms with van der Waals surface area (Å²) in [6.45, 7) is 4.16. The Morgan fingerprint density at radius 2 is 1.86 bits per heavy atom. The standard InChI is InChI=1S/C25H33ClO3/c1-3-5-11-18(4-2)24(28)29-22-17-25(14-9-6-10-15-25)16-21(27)23(22)19-12-7-8-13-20(19)26/h7-8,12-13,18H,3-6,9-11,14-17H2,1-2H3. The molecule has 158 valence electrons. The van der Waals surface area contributed by atoms with E-state index in [1.165, 1.54) is 6.42 Å². The molecule has 0 saturated heterocycles. The second-order valence-electron chi connectivity index (χ2n) is 8.78. The predicted octanol–water partition coefficient (Wildman–Crippen LogP) is 7.12. The summed E-state index contributed by atoms with van der Waals surface area (Å²) in [7, 11) is 0. The fraction of sp³-hybridized carbons (Fsp3) is 0.600. The topological polar surface area (TPSA) is 43.4 Å². The van der Waals surface area contributed by atoms with Crippen LogP contribution in [0.5, 0.6) is 0 Å². The number of unbranched alkanes of at least 4 members (excludes halogenated alkanes) is 1. The van der Waals surface area contributed by atoms with E-state index in [0.29, 0.717) is 34.8 Å². The van der Waals surface area contributed by atoms with Gasteiger partial charge in [0, 0.05) is 23.4 Å². The van der Waals surface area contributed by atoms with Crippen molar-refractivity contribution in [1.29, 1.82) is 0 Å². The highest BCUT2D eigenvalue weighted by Crippen LogP contribution is 2.50. The van der Waals surface area contributed by atoms with Crippen molar-refractivity contribution in [2.75, 3.05) is 0 Å². The Labute approximate surface area is 179 Å². The number of Topliss-reactive ketones (excluding diaryl/α,β-unsaturated/α-hetero) is 1. The first-order chi connectivity index (χ1) is 14.0. The molecule has 1 unspecified atom stereocenters. The summed E-state index contributed by atoms with van der Waals surface area (Å²) in [5.74, 6) is 0.308. The van der Waals surface area contributed by atoms with E-state index < -0.39 is 0 Å². The fourth-order valence-electron chi connectivity index (χ4n) is 4.93. The summed E-state index contributed by atoms with van der Waals surface area (Å²) in [6.07, 6.45) is 10.4. The molecule has 1 spiro atoms. The average molecular weight is 417 g/mol. The molecule has 0 heterocycles. The van der Waals surface area contributed by atoms with Gasteiger partial charge in [0.05, 0.1) is 11.5 Å². The third-order valence-electron chi connectivity index (χ3n) is 6.64. The van der Waals surface area contributed by atoms with Gasteiger partial charge in [-0.15, -0.1) is 0 Å². The minimum absolute atomic E-state index is 0.0547. The number of rotatable bonds is 7. The molecule has 0 N–H and O–H groups in total. The van der Waals surface area contributed by atoms with Crippen LogP contribution in [0.2, 0.25) is 5.02 Å². The number of ketones is 1. The molecule has 0 radical (unpaired) electrons. The molecule has 1 fully saturated rings. The second-order valence-corrected chi connectivity index (χ2v) is 9.19. The summed E-state index contributed by atoms with van der Waals surface area (Å²) in [5, 5.41) is 0.530. The van der Waals surface area contributed by atoms with Crippen molar-refractivity contribution in [2.24, 2.45) is 11.3 Å². The van der Waals surface area contributed by atoms with Gasteiger partial charge in [0.2, 0.25) is 0 Å². The summed E-state index contributed by atoms with van der Waals surface area (Å²) in [4.78, 5) is 26.3. The van der Waals surface area contributed by atoms with Crippen LogP contribution in [-0.2, 0) is 14.3 Å². The zero-order valence-corrected chi connectivity index (χ0v) is 18.5. The Morgan fingerprint density at radius 1 is 1.14 bits per heavy atom. The van der Waals surface area contributed by atoms with Crippen molar-refractivity contribution >= 4 is 28.9 Å². The van der Waals surface area contributed by atoms with Crippen molar-refractivity contribution in [3.63, 3.8) is 0 Å². The molecule has 1 aromatic rings. The van der Waals surface area contributed by atoms with Crippen LogP contribution in [-0.4, -0.2) is 11.8 Å². The summed E-state index contributed by atoms with van der Waals surface area (Å²) >= 11 is 6.43. The van der Waals surface area contributed by atoms with Gasteiger partial charge in [-0.05, 0) is 37.2 Å². The maximum atomic E-state index is 13.3. The van der Waals surface area contributed by atoms with Gasteiger partial charge >= 0.3 is 5.97 Å². The van der Waals surface area contributed by atoms with Crippen LogP contribution in [0.25, 0.3) is 5.57 Å². The summed E-state index contributed by atoms with van der Waals surface area (Å²) in [6, 6.07) is 7.38. The van der Waals surface area contributed by atoms with E-state index in [1.54, 1.807) is 6.07 Å². The molecule has 3 nitrogen and oxygen atoms in total. The number of hydrogen-bond donors (Lipinski definition) is 0. The van der Waals surface area contributed by atoms with Crippen molar-refractivity contribution in [3.8, 4) is 0 Å². The molecule has 0 bridgehead atoms. The van der Waals surface area contributed by atoms with E-state index in [1.807, 2.05) is 25.1 Å². The normalized spacial score (nSPS) is 20.0. The number of halogens is 1. The van der Waals surface area contributed by atoms with Gasteiger partial charge in [-0.3, -0.25) is 9.59 Å². The highest BCUT2D eigenvalue weighted by Gasteiger charge is 2.43. The number of carbonyl (C=O) groups excluding carboxylic acids is 2. The number of benzene rings is 1. The van der Waals surface area contributed by atoms with E-state index in [2.05, 4.69) is 6.92 Å². The minimum Gasteiger partial charge on any atom is -0.430 e. The third-order valence-corrected chi connectivity index (χ3v) is 6.97. The number of esters is 1. The number of carbonyl (C=O) groups is 2. The van der Waals surface area contributed by atoms with E-state index in [0.717, 1.165) is 51.4 Å². The minimum atomic E-state index is -0.193. The molecule has 1 aromatic carbocycles. The monoisotopic (exact) mass is 416 g/mol. The number of hydrogen-bond acceptors (Lipinski definition) is 3. The molecule has 0 aliphatic heterocycles. The van der Waals surface area contributed by atoms with Gasteiger partial charge in [-0.2, -0.15) is 0 Å². The highest BCUT2D eigenvalue weighted by molar-refractivity contribution is 6.35. The lowest BCUT2D eigenvalue weighted by atomic mass is 9.64. The number of allylic oxidation sites excluding steroid dienone is 2. The maximum Gasteiger partial charge on any atom is 0.314 e. The molecule has 1 saturated carbocycles. The first-order valence-electron chi connectivity index (χ1n) is 11.2. The lowest BCUT2D eigenvalue weighted by Gasteiger charge is -2.41. The Kier molecular flexibility index (Phi) is 7.56. The average Bonchev–Trinajstić information content (AvgIpc) is 2.70. The molecule has 2 aliphatic rings. The van der Waals surface area contributed by atoms with Crippen LogP contribution < -0.4 is 0 Å². The maximum absolute atomic E-state index is 13.3. The lowest BCUT2D eigenvalue weighted by molar-refractivity contribution is -0.145. The molecule has 1 atom stereocenters. The quantitative estimate of drug-likeness (QED) is 0.444. The Balaban J connectivity index is 1.97. The lowest BCUT2D eigenvalue weighted by Crippen LogP contribution is -2.34. The SMILES string of the molecule is CCCCC(CC)C(=O)OC1=C(c2ccccc2Cl)C(=O)CC2(CCCCC2)C1. The van der Waals surface area contributed by atoms with Crippen LogP contribution in [0.1, 0.15) is 90.0 Å². The third kappa shape index (κ3) is 5.12. The number of ether oxygens (including phenoxy) is 1. The van der Waals surface area contributed by atoms with E-state index in [9.17, 15) is 9.59 Å². The van der Waals surface area contributed by atoms with Gasteiger partial charge in [-0.25, -0.2) is 0 Å². The molecule has 0 amide bonds. The van der Waals surface area contributed by atoms with Gasteiger partial charge < -0.3 is 4.74 Å². The van der Waals surface area contributed by atoms with E-state index in [4.69, 9.17) is 16.3 Å². The zero-order valence-electron chi connectivity index (χ0n) is 17.8. The predicted molar refractivity (Wildman–Crippen MR) is 118 cm³/mol. The van der Waals surface area contributed by atoms with Crippen LogP contribution in [0.3, 0.4) is 0 Å². The van der Waals surface area contributed by atoms with Crippen LogP contribution >= 0.6 is 11.6 Å². The van der Waals surface area contributed by atoms with Gasteiger partial charge in [0.25, 0.3) is 0 Å². The van der Waals surface area contributed by atoms with Crippen LogP contribution in [0.4, 0.5) is 0 Å². The Hall–Kier alpha value is -1.61. The fourth-order valence-corrected chi connectivity index (χ4v) is 5.16. The van der Waals surface area contributed by atoms with E-state index >= 15 is 0 Å². The smallest absolute Gasteiger partial charge is 0.314 e. The van der Waals surface area contributed by atoms with Crippen molar-refractivity contribution in [1.82, 2.24) is 0 Å². The van der Waals surface area contributed by atoms with Crippen molar-refractivity contribution < 1.29 is 14.3 Å². The summed E-state index contributed by atoms with van der Waals surface area (Å²) < 4.78 is 6.02. The Bertz CT molecular complexity index is 774. The molecule has 4 heteroatoms. The zero-order chi connectivity index (χ0) is 20.9. The van der Waals surface area contributed by atoms with Gasteiger partial charge in [0.15, 0.2) is 5.78 Å². The highest BCUT2D eigenvalue weighted by atomic mass is 35.5. The first kappa shape index (κ1) is 22.1. The van der Waals surface area contributed by atoms with Crippen LogP contribution in [0.15, 0.2) is 30.0 Å². The van der Waals surface area contributed by atoms with Crippen LogP contribution in [0, 0.1) is 11.3 Å². The van der Waals surface area contributed by atoms with Crippen molar-refractivity contribution in [2.45, 2.75) is 84.5 Å². The molecular formula is C25H33ClO3. The molecule has 29 heavy (non-hydrogen) atoms. The summed E-state index contributed by atoms with van der Waals surface area (Å²) in [5.41, 5.74) is 1.15. The molecular weight excluding hydrogens is 384 g/mol. The van der Waals surface area contributed by atoms with E-state index in [-0.39, 0.29) is 23.1 Å². The largest absolute Gasteiger partial charge is 0.430 e. The molecule has 2 aliphatic carbocycles. The first-order valence-corrected chi connectivity index (χ1v) is 11.6. The Morgan fingerprint density at radius 3 is 2.52 bits per heavy atom. The van der Waals surface area contributed by atoms with Gasteiger partial charge in [-0.1, -0.05) is 75.8 Å².